The van der Waals surface area contributed by atoms with E-state index in [1.165, 1.54) is 0 Å². The molecule has 12 heavy (non-hydrogen) atoms. The normalized spacial score (nSPS) is 12.2. The van der Waals surface area contributed by atoms with Gasteiger partial charge in [-0.15, -0.1) is 6.58 Å². The Kier molecular flexibility index (Phi) is 6.90. The minimum absolute atomic E-state index is 0.0936. The molecule has 70 valence electrons. The number of thioether (sulfide) groups is 1. The van der Waals surface area contributed by atoms with Gasteiger partial charge in [-0.25, -0.2) is 0 Å². The lowest BCUT2D eigenvalue weighted by molar-refractivity contribution is -0.122. The van der Waals surface area contributed by atoms with Crippen LogP contribution < -0.4 is 11.1 Å². The van der Waals surface area contributed by atoms with Crippen molar-refractivity contribution in [1.29, 1.82) is 0 Å². The molecule has 0 heterocycles. The predicted octanol–water partition coefficient (Wildman–Crippen LogP) is 0.369. The van der Waals surface area contributed by atoms with E-state index in [2.05, 4.69) is 11.9 Å². The Morgan fingerprint density at radius 2 is 2.50 bits per heavy atom. The summed E-state index contributed by atoms with van der Waals surface area (Å²) in [5.41, 5.74) is 5.58. The molecule has 0 bridgehead atoms. The molecule has 0 unspecified atom stereocenters. The summed E-state index contributed by atoms with van der Waals surface area (Å²) >= 11 is 1.69. The van der Waals surface area contributed by atoms with Gasteiger partial charge in [0.25, 0.3) is 0 Å². The van der Waals surface area contributed by atoms with E-state index in [4.69, 9.17) is 5.73 Å². The van der Waals surface area contributed by atoms with Crippen LogP contribution in [0.15, 0.2) is 12.7 Å². The van der Waals surface area contributed by atoms with Crippen LogP contribution in [0.1, 0.15) is 6.42 Å². The van der Waals surface area contributed by atoms with E-state index >= 15 is 0 Å². The molecule has 0 aromatic rings. The van der Waals surface area contributed by atoms with Crippen molar-refractivity contribution in [2.75, 3.05) is 18.6 Å². The lowest BCUT2D eigenvalue weighted by atomic mass is 10.2. The zero-order valence-corrected chi connectivity index (χ0v) is 8.19. The number of hydrogen-bond acceptors (Lipinski definition) is 3. The van der Waals surface area contributed by atoms with Gasteiger partial charge in [0.1, 0.15) is 0 Å². The summed E-state index contributed by atoms with van der Waals surface area (Å²) < 4.78 is 0. The number of nitrogens with one attached hydrogen (secondary N) is 1. The topological polar surface area (TPSA) is 55.1 Å². The molecule has 4 heteroatoms. The third kappa shape index (κ3) is 5.21. The minimum Gasteiger partial charge on any atom is -0.351 e. The molecule has 0 saturated heterocycles. The number of carbonyl (C=O) groups is 1. The van der Waals surface area contributed by atoms with Crippen LogP contribution in [0.3, 0.4) is 0 Å². The summed E-state index contributed by atoms with van der Waals surface area (Å²) in [6.07, 6.45) is 4.36. The second-order valence-corrected chi connectivity index (χ2v) is 3.41. The second kappa shape index (κ2) is 7.18. The fraction of sp³-hybridized carbons (Fsp3) is 0.625. The zero-order valence-electron chi connectivity index (χ0n) is 7.38. The molecule has 3 nitrogen and oxygen atoms in total. The van der Waals surface area contributed by atoms with Crippen molar-refractivity contribution in [1.82, 2.24) is 5.32 Å². The number of rotatable bonds is 6. The summed E-state index contributed by atoms with van der Waals surface area (Å²) in [6.45, 7) is 3.99. The molecule has 0 rings (SSSR count). The third-order valence-corrected chi connectivity index (χ3v) is 2.03. The van der Waals surface area contributed by atoms with Crippen LogP contribution in [0.5, 0.6) is 0 Å². The van der Waals surface area contributed by atoms with Gasteiger partial charge in [0.15, 0.2) is 0 Å². The Balaban J connectivity index is 3.53. The Bertz CT molecular complexity index is 150. The highest BCUT2D eigenvalue weighted by Crippen LogP contribution is 1.98. The van der Waals surface area contributed by atoms with Crippen LogP contribution in [0.4, 0.5) is 0 Å². The predicted molar refractivity (Wildman–Crippen MR) is 54.2 cm³/mol. The van der Waals surface area contributed by atoms with Crippen molar-refractivity contribution < 1.29 is 4.79 Å². The third-order valence-electron chi connectivity index (χ3n) is 1.39. The molecule has 0 spiro atoms. The Labute approximate surface area is 77.8 Å². The van der Waals surface area contributed by atoms with Gasteiger partial charge in [-0.05, 0) is 18.4 Å². The largest absolute Gasteiger partial charge is 0.351 e. The van der Waals surface area contributed by atoms with Crippen molar-refractivity contribution in [2.45, 2.75) is 12.5 Å². The molecular formula is C8H16N2OS. The first-order chi connectivity index (χ1) is 5.72. The van der Waals surface area contributed by atoms with Gasteiger partial charge in [-0.2, -0.15) is 11.8 Å². The van der Waals surface area contributed by atoms with Gasteiger partial charge < -0.3 is 11.1 Å². The first-order valence-electron chi connectivity index (χ1n) is 3.85. The summed E-state index contributed by atoms with van der Waals surface area (Å²) in [7, 11) is 0. The van der Waals surface area contributed by atoms with Crippen molar-refractivity contribution in [3.63, 3.8) is 0 Å². The van der Waals surface area contributed by atoms with Crippen LogP contribution >= 0.6 is 11.8 Å². The van der Waals surface area contributed by atoms with Crippen molar-refractivity contribution >= 4 is 17.7 Å². The molecular weight excluding hydrogens is 172 g/mol. The van der Waals surface area contributed by atoms with Crippen molar-refractivity contribution in [3.8, 4) is 0 Å². The van der Waals surface area contributed by atoms with Crippen molar-refractivity contribution in [3.05, 3.63) is 12.7 Å². The number of hydrogen-bond donors (Lipinski definition) is 2. The van der Waals surface area contributed by atoms with Crippen LogP contribution in [0, 0.1) is 0 Å². The highest BCUT2D eigenvalue weighted by Gasteiger charge is 2.10. The summed E-state index contributed by atoms with van der Waals surface area (Å²) in [5.74, 6) is 0.826. The summed E-state index contributed by atoms with van der Waals surface area (Å²) in [6, 6.07) is -0.377. The van der Waals surface area contributed by atoms with Gasteiger partial charge in [0, 0.05) is 6.54 Å². The average Bonchev–Trinajstić information content (AvgIpc) is 2.10. The van der Waals surface area contributed by atoms with E-state index in [1.54, 1.807) is 17.8 Å². The van der Waals surface area contributed by atoms with Gasteiger partial charge in [0.05, 0.1) is 6.04 Å². The second-order valence-electron chi connectivity index (χ2n) is 2.42. The van der Waals surface area contributed by atoms with E-state index in [0.29, 0.717) is 6.54 Å². The molecule has 0 aliphatic rings. The molecule has 0 aliphatic heterocycles. The molecule has 3 N–H and O–H groups in total. The highest BCUT2D eigenvalue weighted by molar-refractivity contribution is 7.98. The van der Waals surface area contributed by atoms with Crippen LogP contribution in [-0.4, -0.2) is 30.5 Å². The Hall–Kier alpha value is -0.480. The molecule has 0 radical (unpaired) electrons. The summed E-state index contributed by atoms with van der Waals surface area (Å²) in [4.78, 5) is 11.1. The first kappa shape index (κ1) is 11.5. The molecule has 1 atom stereocenters. The quantitative estimate of drug-likeness (QED) is 0.592. The van der Waals surface area contributed by atoms with Gasteiger partial charge in [-0.1, -0.05) is 6.08 Å². The van der Waals surface area contributed by atoms with E-state index in [0.717, 1.165) is 12.2 Å². The van der Waals surface area contributed by atoms with Crippen LogP contribution in [0.25, 0.3) is 0 Å². The lowest BCUT2D eigenvalue weighted by Crippen LogP contribution is -2.40. The van der Waals surface area contributed by atoms with Crippen LogP contribution in [0.2, 0.25) is 0 Å². The smallest absolute Gasteiger partial charge is 0.237 e. The van der Waals surface area contributed by atoms with Gasteiger partial charge >= 0.3 is 0 Å². The summed E-state index contributed by atoms with van der Waals surface area (Å²) in [5, 5.41) is 2.65. The molecule has 0 aromatic heterocycles. The first-order valence-corrected chi connectivity index (χ1v) is 5.25. The van der Waals surface area contributed by atoms with Gasteiger partial charge in [-0.3, -0.25) is 4.79 Å². The molecule has 0 saturated carbocycles. The number of nitrogens with two attached hydrogens (primary N) is 1. The number of carbonyl (C=O) groups excluding carboxylic acids is 1. The molecule has 1 amide bonds. The SMILES string of the molecule is C=CCNC(=O)[C@@H](N)CCSC. The maximum Gasteiger partial charge on any atom is 0.237 e. The fourth-order valence-electron chi connectivity index (χ4n) is 0.680. The maximum absolute atomic E-state index is 11.1. The monoisotopic (exact) mass is 188 g/mol. The minimum atomic E-state index is -0.377. The molecule has 0 aliphatic carbocycles. The van der Waals surface area contributed by atoms with Crippen LogP contribution in [-0.2, 0) is 4.79 Å². The highest BCUT2D eigenvalue weighted by atomic mass is 32.2. The van der Waals surface area contributed by atoms with Crippen molar-refractivity contribution in [2.24, 2.45) is 5.73 Å². The van der Waals surface area contributed by atoms with E-state index in [9.17, 15) is 4.79 Å². The van der Waals surface area contributed by atoms with E-state index < -0.39 is 0 Å². The van der Waals surface area contributed by atoms with Gasteiger partial charge in [0.2, 0.25) is 5.91 Å². The van der Waals surface area contributed by atoms with E-state index in [-0.39, 0.29) is 11.9 Å². The fourth-order valence-corrected chi connectivity index (χ4v) is 1.17. The average molecular weight is 188 g/mol. The Morgan fingerprint density at radius 3 is 3.00 bits per heavy atom. The number of amides is 1. The molecule has 0 fully saturated rings. The molecule has 0 aromatic carbocycles. The Morgan fingerprint density at radius 1 is 1.83 bits per heavy atom. The van der Waals surface area contributed by atoms with E-state index in [1.807, 2.05) is 6.26 Å². The lowest BCUT2D eigenvalue weighted by Gasteiger charge is -2.09. The maximum atomic E-state index is 11.1. The zero-order chi connectivity index (χ0) is 9.40. The standard InChI is InChI=1S/C8H16N2OS/c1-3-5-10-8(11)7(9)4-6-12-2/h3,7H,1,4-6,9H2,2H3,(H,10,11)/t7-/m0/s1.